The third-order valence-corrected chi connectivity index (χ3v) is 19.1. The van der Waals surface area contributed by atoms with Crippen LogP contribution in [0.3, 0.4) is 0 Å². The Morgan fingerprint density at radius 2 is 0.573 bits per heavy atom. The molecule has 0 aromatic heterocycles. The van der Waals surface area contributed by atoms with Crippen LogP contribution in [0.4, 0.5) is 0 Å². The van der Waals surface area contributed by atoms with Gasteiger partial charge in [0, 0.05) is 5.75 Å². The van der Waals surface area contributed by atoms with Crippen molar-refractivity contribution in [3.05, 3.63) is 0 Å². The molecule has 22 rings (SSSR count). The minimum absolute atomic E-state index is 0.0399. The molecule has 22 aliphatic heterocycles. The molecule has 0 spiro atoms. The lowest BCUT2D eigenvalue weighted by molar-refractivity contribution is -0.396. The Labute approximate surface area is 549 Å². The smallest absolute Gasteiger partial charge is 0.306 e. The molecular formula is C54H90O41S. The molecule has 42 heteroatoms. The van der Waals surface area contributed by atoms with Crippen molar-refractivity contribution in [2.75, 3.05) is 64.4 Å². The Morgan fingerprint density at radius 1 is 0.312 bits per heavy atom. The molecule has 0 radical (unpaired) electrons. The molecule has 22 saturated heterocycles. The summed E-state index contributed by atoms with van der Waals surface area (Å²) in [5.41, 5.74) is 0. The fourth-order valence-electron chi connectivity index (χ4n) is 12.4. The molecule has 0 aromatic rings. The average Bonchev–Trinajstić information content (AvgIpc) is 0.781. The van der Waals surface area contributed by atoms with E-state index in [1.165, 1.54) is 18.7 Å². The molecule has 22 fully saturated rings. The lowest BCUT2D eigenvalue weighted by Gasteiger charge is -2.50. The van der Waals surface area contributed by atoms with Crippen LogP contribution in [0, 0.1) is 0 Å². The molecule has 22 heterocycles. The fourth-order valence-corrected chi connectivity index (χ4v) is 13.3. The maximum absolute atomic E-state index is 13.3. The van der Waals surface area contributed by atoms with Crippen LogP contribution in [0.15, 0.2) is 0 Å². The van der Waals surface area contributed by atoms with Crippen LogP contribution in [0.25, 0.3) is 0 Å². The molecule has 96 heavy (non-hydrogen) atoms. The van der Waals surface area contributed by atoms with Crippen LogP contribution in [-0.2, 0) is 85.3 Å². The van der Waals surface area contributed by atoms with E-state index in [2.05, 4.69) is 0 Å². The van der Waals surface area contributed by atoms with Gasteiger partial charge in [-0.3, -0.25) is 4.79 Å². The van der Waals surface area contributed by atoms with Crippen molar-refractivity contribution in [3.63, 3.8) is 0 Å². The minimum atomic E-state index is -2.31. The van der Waals surface area contributed by atoms with Crippen molar-refractivity contribution < 1.29 is 203 Å². The van der Waals surface area contributed by atoms with Crippen molar-refractivity contribution >= 4 is 17.7 Å². The number of aliphatic hydroxyl groups excluding tert-OH is 23. The largest absolute Gasteiger partial charge is 0.463 e. The van der Waals surface area contributed by atoms with Gasteiger partial charge in [-0.2, -0.15) is 11.8 Å². The van der Waals surface area contributed by atoms with Crippen LogP contribution in [-0.4, -0.2) is 433 Å². The first-order valence-corrected chi connectivity index (χ1v) is 32.3. The molecule has 40 atom stereocenters. The Morgan fingerprint density at radius 3 is 0.844 bits per heavy atom. The molecule has 0 unspecified atom stereocenters. The molecule has 0 aliphatic carbocycles. The predicted octanol–water partition coefficient (Wildman–Crippen LogP) is -15.3. The van der Waals surface area contributed by atoms with Crippen LogP contribution in [0.2, 0.25) is 0 Å². The summed E-state index contributed by atoms with van der Waals surface area (Å²) in [5, 5.41) is 254. The van der Waals surface area contributed by atoms with Gasteiger partial charge in [0.05, 0.1) is 58.8 Å². The highest BCUT2D eigenvalue weighted by Gasteiger charge is 2.60. The number of thioether (sulfide) groups is 1. The lowest BCUT2D eigenvalue weighted by Crippen LogP contribution is -2.68. The number of hydrogen-bond acceptors (Lipinski definition) is 42. The van der Waals surface area contributed by atoms with Crippen molar-refractivity contribution in [1.82, 2.24) is 0 Å². The summed E-state index contributed by atoms with van der Waals surface area (Å²) < 4.78 is 97.4. The molecule has 558 valence electrons. The second-order valence-corrected chi connectivity index (χ2v) is 25.6. The zero-order chi connectivity index (χ0) is 69.9. The maximum Gasteiger partial charge on any atom is 0.306 e. The lowest BCUT2D eigenvalue weighted by atomic mass is 9.95. The number of carbonyl (C=O) groups is 1. The van der Waals surface area contributed by atoms with E-state index < -0.39 is 298 Å². The van der Waals surface area contributed by atoms with Gasteiger partial charge in [0.1, 0.15) is 196 Å². The van der Waals surface area contributed by atoms with E-state index in [1.54, 1.807) is 0 Å². The highest BCUT2D eigenvalue weighted by atomic mass is 32.2. The summed E-state index contributed by atoms with van der Waals surface area (Å²) in [7, 11) is 0. The van der Waals surface area contributed by atoms with Gasteiger partial charge < -0.3 is 198 Å². The van der Waals surface area contributed by atoms with Gasteiger partial charge in [-0.1, -0.05) is 0 Å². The number of carbonyl (C=O) groups excluding carboxylic acids is 1. The molecule has 0 aromatic carbocycles. The molecular weight excluding hydrogens is 1340 g/mol. The summed E-state index contributed by atoms with van der Waals surface area (Å²) in [5.74, 6) is -0.371. The van der Waals surface area contributed by atoms with E-state index in [0.29, 0.717) is 12.2 Å². The van der Waals surface area contributed by atoms with E-state index in [0.717, 1.165) is 0 Å². The Balaban J connectivity index is 0.953. The van der Waals surface area contributed by atoms with E-state index in [-0.39, 0.29) is 18.8 Å². The van der Waals surface area contributed by atoms with E-state index in [4.69, 9.17) is 80.5 Å². The van der Waals surface area contributed by atoms with E-state index in [1.807, 2.05) is 0 Å². The second-order valence-electron chi connectivity index (χ2n) is 24.4. The van der Waals surface area contributed by atoms with Gasteiger partial charge in [-0.05, 0) is 19.1 Å². The van der Waals surface area contributed by atoms with Gasteiger partial charge in [0.2, 0.25) is 0 Å². The summed E-state index contributed by atoms with van der Waals surface area (Å²) in [6, 6.07) is 0. The zero-order valence-electron chi connectivity index (χ0n) is 51.1. The van der Waals surface area contributed by atoms with Crippen LogP contribution in [0.1, 0.15) is 19.8 Å². The van der Waals surface area contributed by atoms with Gasteiger partial charge in [0.25, 0.3) is 0 Å². The van der Waals surface area contributed by atoms with Crippen molar-refractivity contribution in [1.29, 1.82) is 0 Å². The van der Waals surface area contributed by atoms with Crippen molar-refractivity contribution in [2.24, 2.45) is 0 Å². The van der Waals surface area contributed by atoms with Crippen LogP contribution >= 0.6 is 11.8 Å². The monoisotopic (exact) mass is 1430 g/mol. The summed E-state index contributed by atoms with van der Waals surface area (Å²) in [6.45, 7) is -5.89. The van der Waals surface area contributed by atoms with E-state index in [9.17, 15) is 122 Å². The molecule has 14 bridgehead atoms. The second kappa shape index (κ2) is 34.7. The first-order valence-electron chi connectivity index (χ1n) is 31.1. The number of rotatable bonds is 16. The quantitative estimate of drug-likeness (QED) is 0.0504. The number of ether oxygens (including phenoxy) is 17. The van der Waals surface area contributed by atoms with Gasteiger partial charge in [0.15, 0.2) is 50.3 Å². The highest BCUT2D eigenvalue weighted by molar-refractivity contribution is 7.99. The first-order chi connectivity index (χ1) is 45.7. The Hall–Kier alpha value is -1.74. The summed E-state index contributed by atoms with van der Waals surface area (Å²) in [6.07, 6.45) is -78.8. The molecule has 23 N–H and O–H groups in total. The summed E-state index contributed by atoms with van der Waals surface area (Å²) in [4.78, 5) is 13.3. The standard InChI is InChI=1S/C54H90O41S/c1-14-23(62)24(63)32(71)47(81-14)79-4-2-5-96-6-3-22(61)80-13-21-46-31(70)39(78)54(88-21)94-45-20(12-60)86-52(37(76)29(45)68)92-43-18(10-58)84-50(35(74)27(43)66)90-41-16(8-56)82-48(33(72)25(41)64)89-40-15(7-55)83-49(34(73)26(40)65)91-42-17(9-57)85-51(36(75)28(42)67)93-44-19(11-59)87-53(95-46)38(77)30(44)69/h14-21,23-60,62-78H,2-13H2,1H3/t14-,15+,16+,17+,18+,19+,20+,21+,23+,24+,25+,26+,27+,28+,29+,30+,31+,32-,33+,34+,35+,36+,37+,38+,39+,40+,41+,42+,43+,44+,45+,46+,47+,48+,49+,50+,51+,52+,53+,54+/m0/s1. The third kappa shape index (κ3) is 16.9. The minimum Gasteiger partial charge on any atom is -0.463 e. The topological polar surface area (TPSA) is 639 Å². The third-order valence-electron chi connectivity index (χ3n) is 18.0. The number of hydrogen-bond donors (Lipinski definition) is 23. The number of esters is 1. The maximum atomic E-state index is 13.3. The molecule has 0 saturated carbocycles. The molecule has 22 aliphatic rings. The predicted molar refractivity (Wildman–Crippen MR) is 297 cm³/mol. The van der Waals surface area contributed by atoms with Crippen molar-refractivity contribution in [3.8, 4) is 0 Å². The fraction of sp³-hybridized carbons (Fsp3) is 0.981. The Kier molecular flexibility index (Phi) is 28.3. The SMILES string of the molecule is C[C@@H]1O[C@@H](OCCCSCCC(=O)OC[C@H]2O[C@@H]3O[C@H]4[C@H](O)[C@@H](O)[C@@H](O[C@H]5[C@H](O)[C@@H](O)[C@@H](O[C@H]6[C@H](O)[C@@H](O)[C@@H](O[C@H]7[C@H](O)[C@@H](O)[C@@H](O[C@H]8[C@H](O)[C@@H](O)[C@@H](O[C@H]9[C@H](O)[C@@H](O)[C@@H](O[C@H]2[C@H](O)[C@H]3O)O[C@@H]9CO)O[C@@H]8CO)O[C@@H]7CO)O[C@@H]6CO)O[C@@H]5CO)O[C@@H]4CO)[C@@H](O)[C@H](O)[C@@H]1O. The van der Waals surface area contributed by atoms with Gasteiger partial charge >= 0.3 is 5.97 Å². The highest BCUT2D eigenvalue weighted by Crippen LogP contribution is 2.39. The number of aliphatic hydroxyl groups is 23. The van der Waals surface area contributed by atoms with Gasteiger partial charge in [-0.15, -0.1) is 0 Å². The van der Waals surface area contributed by atoms with Crippen molar-refractivity contribution in [2.45, 2.75) is 265 Å². The molecule has 41 nitrogen and oxygen atoms in total. The Bertz CT molecular complexity index is 2350. The normalized spacial score (nSPS) is 51.5. The first kappa shape index (κ1) is 78.4. The van der Waals surface area contributed by atoms with E-state index >= 15 is 0 Å². The summed E-state index contributed by atoms with van der Waals surface area (Å²) >= 11 is 1.26. The van der Waals surface area contributed by atoms with Crippen LogP contribution < -0.4 is 0 Å². The van der Waals surface area contributed by atoms with Gasteiger partial charge in [-0.25, -0.2) is 0 Å². The van der Waals surface area contributed by atoms with Crippen LogP contribution in [0.5, 0.6) is 0 Å². The average molecular weight is 1430 g/mol. The zero-order valence-corrected chi connectivity index (χ0v) is 51.9. The molecule has 0 amide bonds.